The number of benzene rings is 1. The molecule has 1 aromatic rings. The van der Waals surface area contributed by atoms with Gasteiger partial charge in [-0.3, -0.25) is 9.59 Å². The van der Waals surface area contributed by atoms with Crippen LogP contribution in [0.2, 0.25) is 0 Å². The monoisotopic (exact) mass is 265 g/mol. The smallest absolute Gasteiger partial charge is 0.325 e. The van der Waals surface area contributed by atoms with Crippen molar-refractivity contribution in [2.24, 2.45) is 0 Å². The average Bonchev–Trinajstić information content (AvgIpc) is 2.39. The summed E-state index contributed by atoms with van der Waals surface area (Å²) >= 11 is 0. The lowest BCUT2D eigenvalue weighted by molar-refractivity contribution is -0.143. The number of hydrogen-bond donors (Lipinski definition) is 1. The first-order valence-electron chi connectivity index (χ1n) is 6.23. The molecule has 19 heavy (non-hydrogen) atoms. The zero-order valence-electron chi connectivity index (χ0n) is 11.3. The Balaban J connectivity index is 2.16. The largest absolute Gasteiger partial charge is 0.493 e. The average molecular weight is 265 g/mol. The second-order valence-electron chi connectivity index (χ2n) is 3.99. The van der Waals surface area contributed by atoms with Gasteiger partial charge in [0.1, 0.15) is 12.3 Å². The van der Waals surface area contributed by atoms with Crippen LogP contribution in [0, 0.1) is 6.92 Å². The molecule has 0 spiro atoms. The van der Waals surface area contributed by atoms with E-state index in [4.69, 9.17) is 9.47 Å². The van der Waals surface area contributed by atoms with E-state index in [-0.39, 0.29) is 25.5 Å². The quantitative estimate of drug-likeness (QED) is 0.758. The fraction of sp³-hybridized carbons (Fsp3) is 0.429. The van der Waals surface area contributed by atoms with E-state index in [2.05, 4.69) is 5.32 Å². The molecule has 5 nitrogen and oxygen atoms in total. The van der Waals surface area contributed by atoms with Gasteiger partial charge >= 0.3 is 5.97 Å². The van der Waals surface area contributed by atoms with Gasteiger partial charge in [-0.05, 0) is 26.0 Å². The standard InChI is InChI=1S/C14H19NO4/c1-3-18-14(17)10-15-13(16)8-9-19-12-6-4-11(2)5-7-12/h4-7H,3,8-10H2,1-2H3,(H,15,16). The van der Waals surface area contributed by atoms with Crippen molar-refractivity contribution in [2.75, 3.05) is 19.8 Å². The van der Waals surface area contributed by atoms with Crippen LogP contribution in [0.1, 0.15) is 18.9 Å². The molecule has 0 heterocycles. The summed E-state index contributed by atoms with van der Waals surface area (Å²) < 4.78 is 10.1. The van der Waals surface area contributed by atoms with E-state index in [0.717, 1.165) is 11.3 Å². The van der Waals surface area contributed by atoms with Crippen LogP contribution in [0.25, 0.3) is 0 Å². The molecule has 1 aromatic carbocycles. The van der Waals surface area contributed by atoms with Crippen LogP contribution in [-0.4, -0.2) is 31.6 Å². The topological polar surface area (TPSA) is 64.6 Å². The molecule has 1 amide bonds. The van der Waals surface area contributed by atoms with Gasteiger partial charge in [0.05, 0.1) is 19.6 Å². The van der Waals surface area contributed by atoms with Crippen LogP contribution < -0.4 is 10.1 Å². The van der Waals surface area contributed by atoms with E-state index in [1.54, 1.807) is 6.92 Å². The second kappa shape index (κ2) is 8.13. The van der Waals surface area contributed by atoms with E-state index in [1.807, 2.05) is 31.2 Å². The third-order valence-corrected chi connectivity index (χ3v) is 2.35. The Morgan fingerprint density at radius 2 is 1.89 bits per heavy atom. The fourth-order valence-electron chi connectivity index (χ4n) is 1.37. The third-order valence-electron chi connectivity index (χ3n) is 2.35. The molecule has 0 aromatic heterocycles. The highest BCUT2D eigenvalue weighted by Crippen LogP contribution is 2.11. The molecule has 1 N–H and O–H groups in total. The predicted octanol–water partition coefficient (Wildman–Crippen LogP) is 1.44. The minimum absolute atomic E-state index is 0.1000. The normalized spacial score (nSPS) is 9.79. The maximum absolute atomic E-state index is 11.4. The van der Waals surface area contributed by atoms with Gasteiger partial charge < -0.3 is 14.8 Å². The first-order chi connectivity index (χ1) is 9.11. The van der Waals surface area contributed by atoms with Gasteiger partial charge in [-0.15, -0.1) is 0 Å². The van der Waals surface area contributed by atoms with Crippen LogP contribution in [-0.2, 0) is 14.3 Å². The number of nitrogens with one attached hydrogen (secondary N) is 1. The molecule has 1 rings (SSSR count). The Labute approximate surface area is 112 Å². The maximum atomic E-state index is 11.4. The Bertz CT molecular complexity index is 414. The summed E-state index contributed by atoms with van der Waals surface area (Å²) in [4.78, 5) is 22.4. The van der Waals surface area contributed by atoms with Gasteiger partial charge in [0, 0.05) is 0 Å². The van der Waals surface area contributed by atoms with E-state index >= 15 is 0 Å². The van der Waals surface area contributed by atoms with E-state index in [0.29, 0.717) is 6.61 Å². The van der Waals surface area contributed by atoms with Crippen molar-refractivity contribution in [1.82, 2.24) is 5.32 Å². The summed E-state index contributed by atoms with van der Waals surface area (Å²) in [6.45, 7) is 4.20. The lowest BCUT2D eigenvalue weighted by Crippen LogP contribution is -2.31. The second-order valence-corrected chi connectivity index (χ2v) is 3.99. The SMILES string of the molecule is CCOC(=O)CNC(=O)CCOc1ccc(C)cc1. The Kier molecular flexibility index (Phi) is 6.43. The van der Waals surface area contributed by atoms with E-state index in [9.17, 15) is 9.59 Å². The Morgan fingerprint density at radius 1 is 1.21 bits per heavy atom. The van der Waals surface area contributed by atoms with Gasteiger partial charge in [-0.25, -0.2) is 0 Å². The Hall–Kier alpha value is -2.04. The number of amides is 1. The summed E-state index contributed by atoms with van der Waals surface area (Å²) in [5.41, 5.74) is 1.15. The molecule has 5 heteroatoms. The minimum atomic E-state index is -0.435. The summed E-state index contributed by atoms with van der Waals surface area (Å²) in [5, 5.41) is 2.47. The van der Waals surface area contributed by atoms with Gasteiger partial charge in [0.15, 0.2) is 0 Å². The molecule has 0 aliphatic heterocycles. The fourth-order valence-corrected chi connectivity index (χ4v) is 1.37. The van der Waals surface area contributed by atoms with Gasteiger partial charge in [-0.1, -0.05) is 17.7 Å². The van der Waals surface area contributed by atoms with Crippen molar-refractivity contribution < 1.29 is 19.1 Å². The van der Waals surface area contributed by atoms with Crippen molar-refractivity contribution in [3.05, 3.63) is 29.8 Å². The predicted molar refractivity (Wildman–Crippen MR) is 70.9 cm³/mol. The van der Waals surface area contributed by atoms with Gasteiger partial charge in [-0.2, -0.15) is 0 Å². The number of carbonyl (C=O) groups excluding carboxylic acids is 2. The van der Waals surface area contributed by atoms with Crippen LogP contribution in [0.4, 0.5) is 0 Å². The molecule has 0 saturated heterocycles. The lowest BCUT2D eigenvalue weighted by Gasteiger charge is -2.07. The molecule has 0 aliphatic rings. The van der Waals surface area contributed by atoms with E-state index < -0.39 is 5.97 Å². The molecule has 0 fully saturated rings. The van der Waals surface area contributed by atoms with Crippen molar-refractivity contribution in [3.8, 4) is 5.75 Å². The summed E-state index contributed by atoms with van der Waals surface area (Å²) in [6.07, 6.45) is 0.202. The number of carbonyl (C=O) groups is 2. The van der Waals surface area contributed by atoms with Gasteiger partial charge in [0.2, 0.25) is 5.91 Å². The van der Waals surface area contributed by atoms with Crippen LogP contribution in [0.15, 0.2) is 24.3 Å². The zero-order valence-corrected chi connectivity index (χ0v) is 11.3. The number of rotatable bonds is 7. The van der Waals surface area contributed by atoms with E-state index in [1.165, 1.54) is 0 Å². The third kappa shape index (κ3) is 6.45. The number of ether oxygens (including phenoxy) is 2. The van der Waals surface area contributed by atoms with Crippen molar-refractivity contribution in [1.29, 1.82) is 0 Å². The van der Waals surface area contributed by atoms with Crippen molar-refractivity contribution >= 4 is 11.9 Å². The Morgan fingerprint density at radius 3 is 2.53 bits per heavy atom. The van der Waals surface area contributed by atoms with Crippen LogP contribution in [0.5, 0.6) is 5.75 Å². The minimum Gasteiger partial charge on any atom is -0.493 e. The van der Waals surface area contributed by atoms with Crippen LogP contribution >= 0.6 is 0 Å². The number of hydrogen-bond acceptors (Lipinski definition) is 4. The molecular formula is C14H19NO4. The molecule has 0 bridgehead atoms. The first kappa shape index (κ1) is 15.0. The molecule has 0 unspecified atom stereocenters. The lowest BCUT2D eigenvalue weighted by atomic mass is 10.2. The van der Waals surface area contributed by atoms with Crippen molar-refractivity contribution in [3.63, 3.8) is 0 Å². The maximum Gasteiger partial charge on any atom is 0.325 e. The summed E-state index contributed by atoms with van der Waals surface area (Å²) in [7, 11) is 0. The zero-order chi connectivity index (χ0) is 14.1. The van der Waals surface area contributed by atoms with Crippen LogP contribution in [0.3, 0.4) is 0 Å². The number of esters is 1. The molecule has 104 valence electrons. The highest BCUT2D eigenvalue weighted by Gasteiger charge is 2.06. The summed E-state index contributed by atoms with van der Waals surface area (Å²) in [5.74, 6) is 0.0549. The first-order valence-corrected chi connectivity index (χ1v) is 6.23. The molecular weight excluding hydrogens is 246 g/mol. The highest BCUT2D eigenvalue weighted by molar-refractivity contribution is 5.81. The summed E-state index contributed by atoms with van der Waals surface area (Å²) in [6, 6.07) is 7.59. The molecule has 0 radical (unpaired) electrons. The number of aryl methyl sites for hydroxylation is 1. The molecule has 0 saturated carbocycles. The van der Waals surface area contributed by atoms with Crippen molar-refractivity contribution in [2.45, 2.75) is 20.3 Å². The molecule has 0 atom stereocenters. The van der Waals surface area contributed by atoms with Gasteiger partial charge in [0.25, 0.3) is 0 Å². The molecule has 0 aliphatic carbocycles. The highest BCUT2D eigenvalue weighted by atomic mass is 16.5.